The van der Waals surface area contributed by atoms with Crippen LogP contribution in [0.1, 0.15) is 39.5 Å². The first kappa shape index (κ1) is 12.2. The van der Waals surface area contributed by atoms with Gasteiger partial charge < -0.3 is 14.6 Å². The Balaban J connectivity index is 2.04. The van der Waals surface area contributed by atoms with Crippen LogP contribution in [0.5, 0.6) is 0 Å². The van der Waals surface area contributed by atoms with Crippen molar-refractivity contribution in [3.8, 4) is 0 Å². The Bertz CT molecular complexity index is 432. The fraction of sp³-hybridized carbons (Fsp3) is 0.786. The van der Waals surface area contributed by atoms with Gasteiger partial charge in [0.15, 0.2) is 5.60 Å². The number of hydrogen-bond donors (Lipinski definition) is 1. The monoisotopic (exact) mass is 252 g/mol. The minimum atomic E-state index is -1.44. The summed E-state index contributed by atoms with van der Waals surface area (Å²) in [5.41, 5.74) is -0.0673. The number of esters is 1. The molecule has 1 N–H and O–H groups in total. The summed E-state index contributed by atoms with van der Waals surface area (Å²) in [6, 6.07) is 0. The third-order valence-electron chi connectivity index (χ3n) is 5.18. The summed E-state index contributed by atoms with van der Waals surface area (Å²) in [4.78, 5) is 11.6. The van der Waals surface area contributed by atoms with E-state index in [1.807, 2.05) is 6.92 Å². The molecule has 2 aliphatic heterocycles. The lowest BCUT2D eigenvalue weighted by Crippen LogP contribution is -2.58. The normalized spacial score (nSPS) is 50.6. The molecule has 2 saturated heterocycles. The smallest absolute Gasteiger partial charge is 0.312 e. The predicted molar refractivity (Wildman–Crippen MR) is 64.6 cm³/mol. The van der Waals surface area contributed by atoms with E-state index in [0.717, 1.165) is 18.4 Å². The van der Waals surface area contributed by atoms with E-state index in [4.69, 9.17) is 9.47 Å². The molecular formula is C14H20O4. The van der Waals surface area contributed by atoms with Gasteiger partial charge in [0.25, 0.3) is 0 Å². The molecule has 3 fully saturated rings. The van der Waals surface area contributed by atoms with Crippen LogP contribution >= 0.6 is 0 Å². The Morgan fingerprint density at radius 1 is 1.56 bits per heavy atom. The van der Waals surface area contributed by atoms with Crippen LogP contribution < -0.4 is 0 Å². The quantitative estimate of drug-likeness (QED) is 0.571. The number of hydrogen-bond acceptors (Lipinski definition) is 4. The van der Waals surface area contributed by atoms with E-state index in [1.165, 1.54) is 0 Å². The highest BCUT2D eigenvalue weighted by molar-refractivity contribution is 5.75. The zero-order valence-corrected chi connectivity index (χ0v) is 11.0. The number of ether oxygens (including phenoxy) is 2. The maximum atomic E-state index is 11.6. The largest absolute Gasteiger partial charge is 0.452 e. The molecule has 0 aromatic rings. The van der Waals surface area contributed by atoms with Crippen molar-refractivity contribution in [2.24, 2.45) is 11.3 Å². The molecule has 2 heterocycles. The summed E-state index contributed by atoms with van der Waals surface area (Å²) in [5, 5.41) is 10.7. The van der Waals surface area contributed by atoms with Crippen molar-refractivity contribution >= 4 is 5.97 Å². The second kappa shape index (κ2) is 3.36. The first-order valence-corrected chi connectivity index (χ1v) is 6.56. The van der Waals surface area contributed by atoms with Crippen molar-refractivity contribution < 1.29 is 19.4 Å². The maximum absolute atomic E-state index is 11.6. The number of rotatable bonds is 1. The molecule has 1 saturated carbocycles. The van der Waals surface area contributed by atoms with Crippen molar-refractivity contribution in [2.45, 2.75) is 50.9 Å². The van der Waals surface area contributed by atoms with Gasteiger partial charge in [-0.05, 0) is 32.1 Å². The number of carbonyl (C=O) groups is 1. The van der Waals surface area contributed by atoms with E-state index in [9.17, 15) is 9.90 Å². The van der Waals surface area contributed by atoms with Gasteiger partial charge in [-0.2, -0.15) is 0 Å². The molecule has 1 spiro atoms. The van der Waals surface area contributed by atoms with Gasteiger partial charge in [-0.3, -0.25) is 4.79 Å². The third kappa shape index (κ3) is 1.25. The van der Waals surface area contributed by atoms with E-state index < -0.39 is 11.4 Å². The Kier molecular flexibility index (Phi) is 2.28. The van der Waals surface area contributed by atoms with Gasteiger partial charge in [-0.1, -0.05) is 19.1 Å². The highest BCUT2D eigenvalue weighted by Crippen LogP contribution is 2.62. The van der Waals surface area contributed by atoms with Crippen LogP contribution in [0, 0.1) is 11.3 Å². The summed E-state index contributed by atoms with van der Waals surface area (Å²) in [6.45, 7) is 8.51. The van der Waals surface area contributed by atoms with Crippen LogP contribution in [0.15, 0.2) is 12.2 Å². The highest BCUT2D eigenvalue weighted by Gasteiger charge is 2.75. The Labute approximate surface area is 107 Å². The van der Waals surface area contributed by atoms with Crippen LogP contribution in [0.4, 0.5) is 0 Å². The van der Waals surface area contributed by atoms with Crippen molar-refractivity contribution in [1.82, 2.24) is 0 Å². The molecule has 4 atom stereocenters. The molecule has 3 rings (SSSR count). The molecule has 3 aliphatic rings. The SMILES string of the molecule is C=C(C)[C@@H]1CC[C@@]2(C)CO[C@]3(O)CC(=O)O[C@]23C1. The second-order valence-corrected chi connectivity index (χ2v) is 6.40. The average molecular weight is 252 g/mol. The minimum absolute atomic E-state index is 0.0501. The van der Waals surface area contributed by atoms with E-state index in [0.29, 0.717) is 13.0 Å². The Morgan fingerprint density at radius 3 is 2.94 bits per heavy atom. The molecule has 0 radical (unpaired) electrons. The van der Waals surface area contributed by atoms with Crippen molar-refractivity contribution in [3.05, 3.63) is 12.2 Å². The van der Waals surface area contributed by atoms with Gasteiger partial charge in [0.2, 0.25) is 5.79 Å². The van der Waals surface area contributed by atoms with Crippen LogP contribution in [0.3, 0.4) is 0 Å². The summed E-state index contributed by atoms with van der Waals surface area (Å²) in [7, 11) is 0. The third-order valence-corrected chi connectivity index (χ3v) is 5.18. The molecular weight excluding hydrogens is 232 g/mol. The molecule has 0 aromatic carbocycles. The molecule has 0 aromatic heterocycles. The zero-order chi connectivity index (χ0) is 13.2. The minimum Gasteiger partial charge on any atom is -0.452 e. The van der Waals surface area contributed by atoms with Crippen LogP contribution in [-0.2, 0) is 14.3 Å². The van der Waals surface area contributed by atoms with Gasteiger partial charge in [0, 0.05) is 5.41 Å². The topological polar surface area (TPSA) is 55.8 Å². The second-order valence-electron chi connectivity index (χ2n) is 6.40. The lowest BCUT2D eigenvalue weighted by atomic mass is 9.59. The first-order valence-electron chi connectivity index (χ1n) is 6.56. The van der Waals surface area contributed by atoms with Gasteiger partial charge in [0.1, 0.15) is 6.42 Å². The molecule has 0 amide bonds. The summed E-state index contributed by atoms with van der Waals surface area (Å²) in [6.07, 6.45) is 2.48. The Morgan fingerprint density at radius 2 is 2.28 bits per heavy atom. The molecule has 18 heavy (non-hydrogen) atoms. The maximum Gasteiger partial charge on any atom is 0.312 e. The Hall–Kier alpha value is -0.870. The molecule has 4 heteroatoms. The van der Waals surface area contributed by atoms with E-state index >= 15 is 0 Å². The lowest BCUT2D eigenvalue weighted by Gasteiger charge is -2.48. The molecule has 4 nitrogen and oxygen atoms in total. The van der Waals surface area contributed by atoms with Crippen LogP contribution in [0.25, 0.3) is 0 Å². The summed E-state index contributed by atoms with van der Waals surface area (Å²) >= 11 is 0. The predicted octanol–water partition coefficient (Wildman–Crippen LogP) is 1.77. The van der Waals surface area contributed by atoms with Gasteiger partial charge in [-0.15, -0.1) is 0 Å². The number of aliphatic hydroxyl groups is 1. The van der Waals surface area contributed by atoms with Crippen molar-refractivity contribution in [1.29, 1.82) is 0 Å². The standard InChI is InChI=1S/C14H20O4/c1-9(2)10-4-5-12(3)8-17-14(16)7-11(15)18-13(12,14)6-10/h10,16H,1,4-8H2,2-3H3/t10-,12+,13-,14-/m1/s1. The van der Waals surface area contributed by atoms with Gasteiger partial charge in [-0.25, -0.2) is 0 Å². The summed E-state index contributed by atoms with van der Waals surface area (Å²) < 4.78 is 11.2. The highest BCUT2D eigenvalue weighted by atomic mass is 16.7. The fourth-order valence-corrected chi connectivity index (χ4v) is 3.89. The first-order chi connectivity index (χ1) is 8.32. The fourth-order valence-electron chi connectivity index (χ4n) is 3.89. The van der Waals surface area contributed by atoms with Crippen LogP contribution in [0.2, 0.25) is 0 Å². The zero-order valence-electron chi connectivity index (χ0n) is 11.0. The molecule has 0 unspecified atom stereocenters. The molecule has 1 aliphatic carbocycles. The van der Waals surface area contributed by atoms with Gasteiger partial charge in [0.05, 0.1) is 6.61 Å². The lowest BCUT2D eigenvalue weighted by molar-refractivity contribution is -0.241. The van der Waals surface area contributed by atoms with E-state index in [-0.39, 0.29) is 23.7 Å². The van der Waals surface area contributed by atoms with E-state index in [1.54, 1.807) is 0 Å². The van der Waals surface area contributed by atoms with Crippen molar-refractivity contribution in [2.75, 3.05) is 6.61 Å². The van der Waals surface area contributed by atoms with E-state index in [2.05, 4.69) is 13.5 Å². The average Bonchev–Trinajstić information content (AvgIpc) is 2.64. The van der Waals surface area contributed by atoms with Crippen LogP contribution in [-0.4, -0.2) is 29.1 Å². The molecule has 100 valence electrons. The summed E-state index contributed by atoms with van der Waals surface area (Å²) in [5.74, 6) is -1.50. The van der Waals surface area contributed by atoms with Crippen molar-refractivity contribution in [3.63, 3.8) is 0 Å². The molecule has 0 bridgehead atoms. The number of carbonyl (C=O) groups excluding carboxylic acids is 1. The number of allylic oxidation sites excluding steroid dienone is 1. The van der Waals surface area contributed by atoms with Gasteiger partial charge >= 0.3 is 5.97 Å².